The number of ether oxygens (including phenoxy) is 1. The molecule has 1 saturated carbocycles. The highest BCUT2D eigenvalue weighted by Crippen LogP contribution is 2.25. The van der Waals surface area contributed by atoms with E-state index in [9.17, 15) is 9.59 Å². The molecule has 2 N–H and O–H groups in total. The number of rotatable bonds is 7. The topological polar surface area (TPSA) is 75.6 Å². The summed E-state index contributed by atoms with van der Waals surface area (Å²) in [7, 11) is 0. The van der Waals surface area contributed by atoms with Gasteiger partial charge in [-0.3, -0.25) is 9.59 Å². The number of nitrogens with one attached hydrogen (secondary N) is 1. The van der Waals surface area contributed by atoms with Crippen LogP contribution in [0.2, 0.25) is 0 Å². The van der Waals surface area contributed by atoms with Gasteiger partial charge in [0.2, 0.25) is 5.91 Å². The van der Waals surface area contributed by atoms with Gasteiger partial charge in [-0.1, -0.05) is 13.8 Å². The summed E-state index contributed by atoms with van der Waals surface area (Å²) in [4.78, 5) is 22.7. The lowest BCUT2D eigenvalue weighted by Gasteiger charge is -2.17. The Morgan fingerprint density at radius 1 is 1.32 bits per heavy atom. The number of carbonyl (C=O) groups is 2. The van der Waals surface area contributed by atoms with E-state index in [4.69, 9.17) is 9.84 Å². The molecule has 5 nitrogen and oxygen atoms in total. The van der Waals surface area contributed by atoms with E-state index in [-0.39, 0.29) is 17.9 Å². The molecule has 0 aromatic heterocycles. The van der Waals surface area contributed by atoms with Crippen LogP contribution in [-0.4, -0.2) is 35.7 Å². The van der Waals surface area contributed by atoms with Gasteiger partial charge in [-0.25, -0.2) is 0 Å². The Kier molecular flexibility index (Phi) is 6.28. The van der Waals surface area contributed by atoms with E-state index < -0.39 is 12.1 Å². The molecule has 5 heteroatoms. The van der Waals surface area contributed by atoms with Crippen molar-refractivity contribution in [3.8, 4) is 0 Å². The first-order valence-electron chi connectivity index (χ1n) is 7.05. The van der Waals surface area contributed by atoms with Gasteiger partial charge in [-0.05, 0) is 38.5 Å². The molecule has 1 aliphatic carbocycles. The molecule has 110 valence electrons. The number of carboxylic acids is 1. The lowest BCUT2D eigenvalue weighted by Crippen LogP contribution is -2.40. The second-order valence-electron chi connectivity index (χ2n) is 5.75. The molecule has 0 aliphatic heterocycles. The standard InChI is InChI=1S/C14H25NO4/c1-9(2)6-7-19-10(3)13(16)15-12-5-4-11(8-12)14(17)18/h9-12H,4-8H2,1-3H3,(H,15,16)(H,17,18)/t10?,11-,12+/m0/s1. The molecule has 0 aromatic rings. The zero-order valence-electron chi connectivity index (χ0n) is 12.0. The molecule has 1 unspecified atom stereocenters. The Morgan fingerprint density at radius 3 is 2.53 bits per heavy atom. The fourth-order valence-corrected chi connectivity index (χ4v) is 2.21. The van der Waals surface area contributed by atoms with Gasteiger partial charge in [0.25, 0.3) is 0 Å². The van der Waals surface area contributed by atoms with E-state index in [0.717, 1.165) is 12.8 Å². The minimum Gasteiger partial charge on any atom is -0.481 e. The summed E-state index contributed by atoms with van der Waals surface area (Å²) >= 11 is 0. The van der Waals surface area contributed by atoms with Crippen LogP contribution in [-0.2, 0) is 14.3 Å². The van der Waals surface area contributed by atoms with Crippen molar-refractivity contribution < 1.29 is 19.4 Å². The molecule has 19 heavy (non-hydrogen) atoms. The molecule has 1 amide bonds. The van der Waals surface area contributed by atoms with E-state index >= 15 is 0 Å². The second kappa shape index (κ2) is 7.48. The summed E-state index contributed by atoms with van der Waals surface area (Å²) in [5.41, 5.74) is 0. The average molecular weight is 271 g/mol. The minimum absolute atomic E-state index is 0.0234. The predicted molar refractivity (Wildman–Crippen MR) is 71.8 cm³/mol. The van der Waals surface area contributed by atoms with E-state index in [1.54, 1.807) is 6.92 Å². The van der Waals surface area contributed by atoms with Crippen LogP contribution in [0, 0.1) is 11.8 Å². The van der Waals surface area contributed by atoms with Crippen molar-refractivity contribution in [3.05, 3.63) is 0 Å². The van der Waals surface area contributed by atoms with Crippen LogP contribution in [0.15, 0.2) is 0 Å². The summed E-state index contributed by atoms with van der Waals surface area (Å²) in [6.07, 6.45) is 2.37. The largest absolute Gasteiger partial charge is 0.481 e. The van der Waals surface area contributed by atoms with Crippen molar-refractivity contribution in [2.24, 2.45) is 11.8 Å². The van der Waals surface area contributed by atoms with E-state index in [0.29, 0.717) is 25.4 Å². The highest BCUT2D eigenvalue weighted by atomic mass is 16.5. The fraction of sp³-hybridized carbons (Fsp3) is 0.857. The van der Waals surface area contributed by atoms with E-state index in [1.165, 1.54) is 0 Å². The molecule has 3 atom stereocenters. The Hall–Kier alpha value is -1.10. The smallest absolute Gasteiger partial charge is 0.306 e. The summed E-state index contributed by atoms with van der Waals surface area (Å²) in [6.45, 7) is 6.53. The van der Waals surface area contributed by atoms with Crippen LogP contribution in [0.3, 0.4) is 0 Å². The second-order valence-corrected chi connectivity index (χ2v) is 5.75. The first kappa shape index (κ1) is 16.0. The molecular formula is C14H25NO4. The third kappa shape index (κ3) is 5.59. The van der Waals surface area contributed by atoms with Crippen molar-refractivity contribution in [2.45, 2.75) is 58.6 Å². The quantitative estimate of drug-likeness (QED) is 0.740. The maximum Gasteiger partial charge on any atom is 0.306 e. The van der Waals surface area contributed by atoms with Gasteiger partial charge in [-0.15, -0.1) is 0 Å². The Bertz CT molecular complexity index is 317. The fourth-order valence-electron chi connectivity index (χ4n) is 2.21. The predicted octanol–water partition coefficient (Wildman–Crippen LogP) is 1.81. The zero-order valence-corrected chi connectivity index (χ0v) is 12.0. The summed E-state index contributed by atoms with van der Waals surface area (Å²) in [6, 6.07) is -0.0234. The van der Waals surface area contributed by atoms with Crippen LogP contribution in [0.5, 0.6) is 0 Å². The van der Waals surface area contributed by atoms with E-state index in [1.807, 2.05) is 0 Å². The number of aliphatic carboxylic acids is 1. The number of carboxylic acid groups (broad SMARTS) is 1. The van der Waals surface area contributed by atoms with Gasteiger partial charge in [0, 0.05) is 12.6 Å². The van der Waals surface area contributed by atoms with Crippen molar-refractivity contribution in [1.82, 2.24) is 5.32 Å². The van der Waals surface area contributed by atoms with Crippen molar-refractivity contribution in [2.75, 3.05) is 6.61 Å². The maximum absolute atomic E-state index is 11.9. The lowest BCUT2D eigenvalue weighted by molar-refractivity contribution is -0.141. The summed E-state index contributed by atoms with van der Waals surface area (Å²) < 4.78 is 5.47. The summed E-state index contributed by atoms with van der Waals surface area (Å²) in [5.74, 6) is -0.665. The van der Waals surface area contributed by atoms with Crippen molar-refractivity contribution in [3.63, 3.8) is 0 Å². The summed E-state index contributed by atoms with van der Waals surface area (Å²) in [5, 5.41) is 11.8. The highest BCUT2D eigenvalue weighted by Gasteiger charge is 2.31. The third-order valence-corrected chi connectivity index (χ3v) is 3.56. The molecule has 0 radical (unpaired) electrons. The third-order valence-electron chi connectivity index (χ3n) is 3.56. The Morgan fingerprint density at radius 2 is 2.00 bits per heavy atom. The van der Waals surface area contributed by atoms with Gasteiger partial charge in [0.1, 0.15) is 6.10 Å². The first-order chi connectivity index (χ1) is 8.90. The molecule has 0 saturated heterocycles. The molecule has 0 aromatic carbocycles. The maximum atomic E-state index is 11.9. The SMILES string of the molecule is CC(C)CCOC(C)C(=O)N[C@@H]1CC[C@H](C(=O)O)C1. The van der Waals surface area contributed by atoms with Gasteiger partial charge in [0.15, 0.2) is 0 Å². The normalized spacial score (nSPS) is 24.4. The van der Waals surface area contributed by atoms with Crippen LogP contribution in [0.1, 0.15) is 46.5 Å². The van der Waals surface area contributed by atoms with E-state index in [2.05, 4.69) is 19.2 Å². The van der Waals surface area contributed by atoms with Crippen LogP contribution >= 0.6 is 0 Å². The lowest BCUT2D eigenvalue weighted by atomic mass is 10.1. The zero-order chi connectivity index (χ0) is 14.4. The Labute approximate surface area is 114 Å². The molecule has 1 fully saturated rings. The monoisotopic (exact) mass is 271 g/mol. The minimum atomic E-state index is -0.766. The molecule has 0 heterocycles. The van der Waals surface area contributed by atoms with Gasteiger partial charge in [0.05, 0.1) is 5.92 Å². The van der Waals surface area contributed by atoms with Gasteiger partial charge in [-0.2, -0.15) is 0 Å². The van der Waals surface area contributed by atoms with Crippen LogP contribution in [0.25, 0.3) is 0 Å². The van der Waals surface area contributed by atoms with Crippen LogP contribution in [0.4, 0.5) is 0 Å². The van der Waals surface area contributed by atoms with Crippen molar-refractivity contribution >= 4 is 11.9 Å². The van der Waals surface area contributed by atoms with Gasteiger partial charge >= 0.3 is 5.97 Å². The molecule has 0 bridgehead atoms. The molecule has 1 rings (SSSR count). The average Bonchev–Trinajstić information content (AvgIpc) is 2.76. The number of hydrogen-bond donors (Lipinski definition) is 2. The number of hydrogen-bond acceptors (Lipinski definition) is 3. The Balaban J connectivity index is 2.25. The van der Waals surface area contributed by atoms with Crippen LogP contribution < -0.4 is 5.32 Å². The van der Waals surface area contributed by atoms with Crippen molar-refractivity contribution in [1.29, 1.82) is 0 Å². The first-order valence-corrected chi connectivity index (χ1v) is 7.05. The number of amides is 1. The molecule has 1 aliphatic rings. The highest BCUT2D eigenvalue weighted by molar-refractivity contribution is 5.80. The van der Waals surface area contributed by atoms with Gasteiger partial charge < -0.3 is 15.2 Å². The number of carbonyl (C=O) groups excluding carboxylic acids is 1. The molecular weight excluding hydrogens is 246 g/mol. The molecule has 0 spiro atoms.